The van der Waals surface area contributed by atoms with E-state index in [1.807, 2.05) is 54.6 Å². The summed E-state index contributed by atoms with van der Waals surface area (Å²) in [5.41, 5.74) is 5.31. The summed E-state index contributed by atoms with van der Waals surface area (Å²) in [6.45, 7) is 0. The van der Waals surface area contributed by atoms with E-state index >= 15 is 0 Å². The third-order valence-corrected chi connectivity index (χ3v) is 5.71. The van der Waals surface area contributed by atoms with Crippen molar-refractivity contribution in [2.45, 2.75) is 19.3 Å². The summed E-state index contributed by atoms with van der Waals surface area (Å²) < 4.78 is 0. The number of nitrogens with one attached hydrogen (secondary N) is 2. The number of aryl methyl sites for hydroxylation is 1. The van der Waals surface area contributed by atoms with E-state index in [0.29, 0.717) is 28.9 Å². The van der Waals surface area contributed by atoms with Gasteiger partial charge in [-0.3, -0.25) is 14.4 Å². The first-order valence-corrected chi connectivity index (χ1v) is 11.6. The highest BCUT2D eigenvalue weighted by Crippen LogP contribution is 2.21. The number of rotatable bonds is 9. The highest BCUT2D eigenvalue weighted by atomic mass is 16.4. The highest BCUT2D eigenvalue weighted by Gasteiger charge is 2.13. The van der Waals surface area contributed by atoms with E-state index < -0.39 is 5.97 Å². The molecule has 0 aliphatic heterocycles. The molecule has 0 aliphatic carbocycles. The van der Waals surface area contributed by atoms with E-state index in [1.54, 1.807) is 48.5 Å². The molecule has 180 valence electrons. The van der Waals surface area contributed by atoms with E-state index in [1.165, 1.54) is 0 Å². The Morgan fingerprint density at radius 3 is 2.14 bits per heavy atom. The number of anilines is 2. The van der Waals surface area contributed by atoms with Crippen LogP contribution in [0, 0.1) is 0 Å². The molecular weight excluding hydrogens is 452 g/mol. The van der Waals surface area contributed by atoms with Crippen LogP contribution in [0.3, 0.4) is 0 Å². The van der Waals surface area contributed by atoms with Crippen LogP contribution >= 0.6 is 0 Å². The number of carboxylic acid groups (broad SMARTS) is 1. The van der Waals surface area contributed by atoms with E-state index in [2.05, 4.69) is 10.6 Å². The zero-order valence-corrected chi connectivity index (χ0v) is 19.6. The predicted octanol–water partition coefficient (Wildman–Crippen LogP) is 5.80. The molecule has 0 aliphatic rings. The van der Waals surface area contributed by atoms with Crippen molar-refractivity contribution in [2.24, 2.45) is 0 Å². The molecule has 0 spiro atoms. The van der Waals surface area contributed by atoms with Gasteiger partial charge >= 0.3 is 5.97 Å². The molecule has 0 aromatic heterocycles. The topological polar surface area (TPSA) is 95.5 Å². The second kappa shape index (κ2) is 11.6. The lowest BCUT2D eigenvalue weighted by Gasteiger charge is -2.12. The molecule has 0 unspecified atom stereocenters. The number of amides is 2. The largest absolute Gasteiger partial charge is 0.481 e. The second-order valence-corrected chi connectivity index (χ2v) is 8.37. The number of carboxylic acids is 1. The van der Waals surface area contributed by atoms with E-state index in [9.17, 15) is 14.4 Å². The van der Waals surface area contributed by atoms with Gasteiger partial charge in [0.05, 0.1) is 6.42 Å². The monoisotopic (exact) mass is 478 g/mol. The summed E-state index contributed by atoms with van der Waals surface area (Å²) >= 11 is 0. The number of carbonyl (C=O) groups excluding carboxylic acids is 2. The maximum Gasteiger partial charge on any atom is 0.303 e. The van der Waals surface area contributed by atoms with Gasteiger partial charge in [0.1, 0.15) is 0 Å². The van der Waals surface area contributed by atoms with E-state index in [-0.39, 0.29) is 24.7 Å². The summed E-state index contributed by atoms with van der Waals surface area (Å²) in [5, 5.41) is 14.6. The van der Waals surface area contributed by atoms with Crippen LogP contribution in [0.5, 0.6) is 0 Å². The molecule has 0 radical (unpaired) electrons. The zero-order valence-electron chi connectivity index (χ0n) is 19.6. The summed E-state index contributed by atoms with van der Waals surface area (Å²) in [4.78, 5) is 36.4. The lowest BCUT2D eigenvalue weighted by molar-refractivity contribution is -0.137. The lowest BCUT2D eigenvalue weighted by atomic mass is 10.0. The Morgan fingerprint density at radius 2 is 1.39 bits per heavy atom. The van der Waals surface area contributed by atoms with Crippen LogP contribution in [0.1, 0.15) is 27.9 Å². The normalized spacial score (nSPS) is 10.4. The van der Waals surface area contributed by atoms with Crippen LogP contribution in [0.4, 0.5) is 11.4 Å². The minimum Gasteiger partial charge on any atom is -0.481 e. The van der Waals surface area contributed by atoms with Gasteiger partial charge in [-0.1, -0.05) is 72.8 Å². The van der Waals surface area contributed by atoms with Crippen molar-refractivity contribution in [3.63, 3.8) is 0 Å². The first-order valence-electron chi connectivity index (χ1n) is 11.6. The molecule has 36 heavy (non-hydrogen) atoms. The average molecular weight is 479 g/mol. The fourth-order valence-corrected chi connectivity index (χ4v) is 3.87. The Labute approximate surface area is 209 Å². The summed E-state index contributed by atoms with van der Waals surface area (Å²) in [7, 11) is 0. The number of carbonyl (C=O) groups is 3. The van der Waals surface area contributed by atoms with Gasteiger partial charge < -0.3 is 15.7 Å². The Morgan fingerprint density at radius 1 is 0.694 bits per heavy atom. The molecular formula is C30H26N2O4. The molecule has 0 saturated carbocycles. The highest BCUT2D eigenvalue weighted by molar-refractivity contribution is 6.05. The van der Waals surface area contributed by atoms with Gasteiger partial charge in [0.15, 0.2) is 0 Å². The van der Waals surface area contributed by atoms with Gasteiger partial charge in [-0.05, 0) is 59.0 Å². The van der Waals surface area contributed by atoms with Gasteiger partial charge in [0.25, 0.3) is 5.91 Å². The van der Waals surface area contributed by atoms with Crippen molar-refractivity contribution in [2.75, 3.05) is 10.6 Å². The number of aliphatic carboxylic acids is 1. The van der Waals surface area contributed by atoms with Crippen molar-refractivity contribution in [3.05, 3.63) is 120 Å². The Balaban J connectivity index is 1.40. The summed E-state index contributed by atoms with van der Waals surface area (Å²) in [6.07, 6.45) is 0.489. The molecule has 0 fully saturated rings. The lowest BCUT2D eigenvalue weighted by Crippen LogP contribution is -2.18. The Bertz CT molecular complexity index is 1370. The smallest absolute Gasteiger partial charge is 0.303 e. The third kappa shape index (κ3) is 6.67. The van der Waals surface area contributed by atoms with Crippen LogP contribution in [-0.4, -0.2) is 22.9 Å². The molecule has 6 heteroatoms. The maximum absolute atomic E-state index is 12.9. The fraction of sp³-hybridized carbons (Fsp3) is 0.100. The van der Waals surface area contributed by atoms with Crippen LogP contribution in [0.25, 0.3) is 11.1 Å². The van der Waals surface area contributed by atoms with Crippen LogP contribution < -0.4 is 10.6 Å². The SMILES string of the molecule is O=C(O)CCc1cccc(NC(=O)Cc2ccccc2NC(=O)c2ccc(-c3ccccc3)cc2)c1. The molecule has 3 N–H and O–H groups in total. The van der Waals surface area contributed by atoms with Crippen molar-refractivity contribution >= 4 is 29.2 Å². The third-order valence-electron chi connectivity index (χ3n) is 5.71. The first kappa shape index (κ1) is 24.4. The molecule has 0 saturated heterocycles. The number of para-hydroxylation sites is 1. The van der Waals surface area contributed by atoms with E-state index in [4.69, 9.17) is 5.11 Å². The quantitative estimate of drug-likeness (QED) is 0.283. The van der Waals surface area contributed by atoms with Gasteiger partial charge in [0, 0.05) is 23.4 Å². The molecule has 4 aromatic rings. The molecule has 0 heterocycles. The van der Waals surface area contributed by atoms with Gasteiger partial charge in [0.2, 0.25) is 5.91 Å². The maximum atomic E-state index is 12.9. The predicted molar refractivity (Wildman–Crippen MR) is 141 cm³/mol. The van der Waals surface area contributed by atoms with Crippen LogP contribution in [0.15, 0.2) is 103 Å². The van der Waals surface area contributed by atoms with Gasteiger partial charge in [-0.25, -0.2) is 0 Å². The number of hydrogen-bond donors (Lipinski definition) is 3. The number of benzene rings is 4. The van der Waals surface area contributed by atoms with Crippen molar-refractivity contribution in [3.8, 4) is 11.1 Å². The second-order valence-electron chi connectivity index (χ2n) is 8.37. The molecule has 0 bridgehead atoms. The molecule has 2 amide bonds. The zero-order chi connectivity index (χ0) is 25.3. The Kier molecular flexibility index (Phi) is 7.88. The van der Waals surface area contributed by atoms with Crippen LogP contribution in [-0.2, 0) is 22.4 Å². The van der Waals surface area contributed by atoms with Gasteiger partial charge in [-0.15, -0.1) is 0 Å². The van der Waals surface area contributed by atoms with Gasteiger partial charge in [-0.2, -0.15) is 0 Å². The first-order chi connectivity index (χ1) is 17.5. The van der Waals surface area contributed by atoms with Crippen molar-refractivity contribution in [1.29, 1.82) is 0 Å². The summed E-state index contributed by atoms with van der Waals surface area (Å²) in [5.74, 6) is -1.36. The van der Waals surface area contributed by atoms with E-state index in [0.717, 1.165) is 16.7 Å². The molecule has 6 nitrogen and oxygen atoms in total. The fourth-order valence-electron chi connectivity index (χ4n) is 3.87. The standard InChI is InChI=1S/C30H26N2O4/c33-28(31-26-11-6-7-21(19-26)13-18-29(34)35)20-25-10-4-5-12-27(25)32-30(36)24-16-14-23(15-17-24)22-8-2-1-3-9-22/h1-12,14-17,19H,13,18,20H2,(H,31,33)(H,32,36)(H,34,35). The van der Waals surface area contributed by atoms with Crippen LogP contribution in [0.2, 0.25) is 0 Å². The van der Waals surface area contributed by atoms with Crippen molar-refractivity contribution < 1.29 is 19.5 Å². The molecule has 0 atom stereocenters. The minimum absolute atomic E-state index is 0.0272. The number of hydrogen-bond acceptors (Lipinski definition) is 3. The average Bonchev–Trinajstić information content (AvgIpc) is 2.89. The Hall–Kier alpha value is -4.71. The van der Waals surface area contributed by atoms with Crippen molar-refractivity contribution in [1.82, 2.24) is 0 Å². The minimum atomic E-state index is -0.866. The molecule has 4 aromatic carbocycles. The summed E-state index contributed by atoms with van der Waals surface area (Å²) in [6, 6.07) is 31.7. The molecule has 4 rings (SSSR count).